The molecule has 1 fully saturated rings. The highest BCUT2D eigenvalue weighted by Gasteiger charge is 2.38. The Morgan fingerprint density at radius 2 is 1.84 bits per heavy atom. The minimum atomic E-state index is -4.41. The largest absolute Gasteiger partial charge is 0.416 e. The third-order valence-corrected chi connectivity index (χ3v) is 3.47. The molecule has 0 saturated heterocycles. The summed E-state index contributed by atoms with van der Waals surface area (Å²) in [4.78, 5) is 11.9. The van der Waals surface area contributed by atoms with Crippen LogP contribution in [0.3, 0.4) is 0 Å². The van der Waals surface area contributed by atoms with Crippen molar-refractivity contribution in [2.24, 2.45) is 0 Å². The lowest BCUT2D eigenvalue weighted by Crippen LogP contribution is -2.56. The second-order valence-corrected chi connectivity index (χ2v) is 4.82. The molecular formula is C13H14F3NO2. The lowest BCUT2D eigenvalue weighted by Gasteiger charge is -2.40. The van der Waals surface area contributed by atoms with Crippen LogP contribution in [0.25, 0.3) is 0 Å². The molecule has 0 atom stereocenters. The third-order valence-electron chi connectivity index (χ3n) is 3.47. The van der Waals surface area contributed by atoms with Gasteiger partial charge in [-0.05, 0) is 43.5 Å². The van der Waals surface area contributed by atoms with Gasteiger partial charge in [0.25, 0.3) is 5.91 Å². The maximum Gasteiger partial charge on any atom is 0.416 e. The van der Waals surface area contributed by atoms with E-state index in [1.165, 1.54) is 0 Å². The molecule has 0 unspecified atom stereocenters. The van der Waals surface area contributed by atoms with Crippen molar-refractivity contribution in [3.63, 3.8) is 0 Å². The highest BCUT2D eigenvalue weighted by molar-refractivity contribution is 5.94. The van der Waals surface area contributed by atoms with Crippen molar-refractivity contribution in [1.82, 2.24) is 5.32 Å². The zero-order valence-corrected chi connectivity index (χ0v) is 10.1. The number of aliphatic hydroxyl groups is 1. The second-order valence-electron chi connectivity index (χ2n) is 4.82. The lowest BCUT2D eigenvalue weighted by molar-refractivity contribution is -0.137. The summed E-state index contributed by atoms with van der Waals surface area (Å²) in [5.41, 5.74) is -1.22. The topological polar surface area (TPSA) is 49.3 Å². The summed E-state index contributed by atoms with van der Waals surface area (Å²) in [5, 5.41) is 11.9. The number of nitrogens with one attached hydrogen (secondary N) is 1. The Morgan fingerprint density at radius 1 is 1.26 bits per heavy atom. The molecule has 1 aromatic rings. The standard InChI is InChI=1S/C13H14F3NO2/c14-13(15,16)10-4-2-9(3-5-10)11(19)17-12(8-18)6-1-7-12/h2-5,18H,1,6-8H2,(H,17,19). The summed E-state index contributed by atoms with van der Waals surface area (Å²) in [6.07, 6.45) is -2.10. The zero-order chi connectivity index (χ0) is 14.1. The Hall–Kier alpha value is -1.56. The summed E-state index contributed by atoms with van der Waals surface area (Å²) in [6, 6.07) is 4.03. The van der Waals surface area contributed by atoms with Crippen LogP contribution in [0.1, 0.15) is 35.2 Å². The molecule has 1 saturated carbocycles. The van der Waals surface area contributed by atoms with Gasteiger partial charge < -0.3 is 10.4 Å². The number of hydrogen-bond acceptors (Lipinski definition) is 2. The molecule has 1 aliphatic carbocycles. The molecule has 0 aliphatic heterocycles. The SMILES string of the molecule is O=C(NC1(CO)CCC1)c1ccc(C(F)(F)F)cc1. The maximum absolute atomic E-state index is 12.4. The smallest absolute Gasteiger partial charge is 0.394 e. The Labute approximate surface area is 108 Å². The van der Waals surface area contributed by atoms with Crippen LogP contribution in [0.15, 0.2) is 24.3 Å². The molecule has 3 nitrogen and oxygen atoms in total. The Kier molecular flexibility index (Phi) is 3.54. The predicted octanol–water partition coefficient (Wildman–Crippen LogP) is 2.35. The third kappa shape index (κ3) is 2.89. The van der Waals surface area contributed by atoms with E-state index in [1.807, 2.05) is 0 Å². The van der Waals surface area contributed by atoms with E-state index in [-0.39, 0.29) is 12.2 Å². The van der Waals surface area contributed by atoms with Gasteiger partial charge in [-0.25, -0.2) is 0 Å². The van der Waals surface area contributed by atoms with Gasteiger partial charge in [0.1, 0.15) is 0 Å². The van der Waals surface area contributed by atoms with Gasteiger partial charge in [-0.15, -0.1) is 0 Å². The number of rotatable bonds is 3. The first-order valence-corrected chi connectivity index (χ1v) is 5.97. The Morgan fingerprint density at radius 3 is 2.21 bits per heavy atom. The molecule has 104 valence electrons. The van der Waals surface area contributed by atoms with Gasteiger partial charge in [0.05, 0.1) is 17.7 Å². The van der Waals surface area contributed by atoms with Gasteiger partial charge in [-0.1, -0.05) is 0 Å². The maximum atomic E-state index is 12.4. The molecule has 1 aromatic carbocycles. The van der Waals surface area contributed by atoms with Crippen molar-refractivity contribution in [3.8, 4) is 0 Å². The summed E-state index contributed by atoms with van der Waals surface area (Å²) < 4.78 is 37.1. The molecule has 1 aliphatic rings. The van der Waals surface area contributed by atoms with Crippen molar-refractivity contribution < 1.29 is 23.1 Å². The number of halogens is 3. The average molecular weight is 273 g/mol. The van der Waals surface area contributed by atoms with Gasteiger partial charge in [0, 0.05) is 5.56 Å². The number of alkyl halides is 3. The molecule has 2 N–H and O–H groups in total. The Balaban J connectivity index is 2.08. The number of aliphatic hydroxyl groups excluding tert-OH is 1. The van der Waals surface area contributed by atoms with E-state index in [0.717, 1.165) is 30.7 Å². The van der Waals surface area contributed by atoms with Crippen molar-refractivity contribution in [2.45, 2.75) is 31.0 Å². The van der Waals surface area contributed by atoms with E-state index < -0.39 is 23.2 Å². The number of hydrogen-bond donors (Lipinski definition) is 2. The molecule has 0 heterocycles. The van der Waals surface area contributed by atoms with Gasteiger partial charge in [-0.3, -0.25) is 4.79 Å². The van der Waals surface area contributed by atoms with E-state index in [4.69, 9.17) is 0 Å². The molecule has 6 heteroatoms. The summed E-state index contributed by atoms with van der Waals surface area (Å²) in [7, 11) is 0. The van der Waals surface area contributed by atoms with Gasteiger partial charge >= 0.3 is 6.18 Å². The fraction of sp³-hybridized carbons (Fsp3) is 0.462. The molecule has 0 aromatic heterocycles. The zero-order valence-electron chi connectivity index (χ0n) is 10.1. The predicted molar refractivity (Wildman–Crippen MR) is 62.6 cm³/mol. The summed E-state index contributed by atoms with van der Waals surface area (Å²) in [6.45, 7) is -0.153. The highest BCUT2D eigenvalue weighted by Crippen LogP contribution is 2.32. The number of carbonyl (C=O) groups is 1. The van der Waals surface area contributed by atoms with Crippen molar-refractivity contribution in [3.05, 3.63) is 35.4 Å². The fourth-order valence-corrected chi connectivity index (χ4v) is 2.05. The Bertz CT molecular complexity index is 458. The molecular weight excluding hydrogens is 259 g/mol. The molecule has 0 radical (unpaired) electrons. The second kappa shape index (κ2) is 4.85. The first kappa shape index (κ1) is 13.9. The molecule has 0 spiro atoms. The van der Waals surface area contributed by atoms with Crippen LogP contribution >= 0.6 is 0 Å². The summed E-state index contributed by atoms with van der Waals surface area (Å²) >= 11 is 0. The number of carbonyl (C=O) groups excluding carboxylic acids is 1. The van der Waals surface area contributed by atoms with E-state index in [1.54, 1.807) is 0 Å². The van der Waals surface area contributed by atoms with Crippen molar-refractivity contribution in [1.29, 1.82) is 0 Å². The van der Waals surface area contributed by atoms with Crippen molar-refractivity contribution in [2.75, 3.05) is 6.61 Å². The molecule has 2 rings (SSSR count). The van der Waals surface area contributed by atoms with Gasteiger partial charge in [0.15, 0.2) is 0 Å². The molecule has 1 amide bonds. The first-order valence-electron chi connectivity index (χ1n) is 5.97. The van der Waals surface area contributed by atoms with E-state index in [9.17, 15) is 23.1 Å². The van der Waals surface area contributed by atoms with Crippen LogP contribution < -0.4 is 5.32 Å². The minimum absolute atomic E-state index is 0.153. The van der Waals surface area contributed by atoms with Crippen LogP contribution in [-0.4, -0.2) is 23.2 Å². The first-order chi connectivity index (χ1) is 8.86. The lowest BCUT2D eigenvalue weighted by atomic mass is 9.77. The van der Waals surface area contributed by atoms with Crippen molar-refractivity contribution >= 4 is 5.91 Å². The number of amides is 1. The number of benzene rings is 1. The van der Waals surface area contributed by atoms with E-state index >= 15 is 0 Å². The van der Waals surface area contributed by atoms with E-state index in [0.29, 0.717) is 12.8 Å². The van der Waals surface area contributed by atoms with Gasteiger partial charge in [0.2, 0.25) is 0 Å². The van der Waals surface area contributed by atoms with E-state index in [2.05, 4.69) is 5.32 Å². The van der Waals surface area contributed by atoms with Gasteiger partial charge in [-0.2, -0.15) is 13.2 Å². The summed E-state index contributed by atoms with van der Waals surface area (Å²) in [5.74, 6) is -0.456. The van der Waals surface area contributed by atoms with Crippen LogP contribution in [0.4, 0.5) is 13.2 Å². The normalized spacial score (nSPS) is 17.7. The monoisotopic (exact) mass is 273 g/mol. The fourth-order valence-electron chi connectivity index (χ4n) is 2.05. The van der Waals surface area contributed by atoms with Crippen LogP contribution in [0, 0.1) is 0 Å². The average Bonchev–Trinajstić information content (AvgIpc) is 2.32. The molecule has 19 heavy (non-hydrogen) atoms. The molecule has 0 bridgehead atoms. The van der Waals surface area contributed by atoms with Crippen LogP contribution in [0.5, 0.6) is 0 Å². The minimum Gasteiger partial charge on any atom is -0.394 e. The van der Waals surface area contributed by atoms with Crippen LogP contribution in [-0.2, 0) is 6.18 Å². The van der Waals surface area contributed by atoms with Crippen LogP contribution in [0.2, 0.25) is 0 Å². The highest BCUT2D eigenvalue weighted by atomic mass is 19.4. The quantitative estimate of drug-likeness (QED) is 0.888.